The summed E-state index contributed by atoms with van der Waals surface area (Å²) in [4.78, 5) is 22.3. The molecular weight excluding hydrogens is 380 g/mol. The Morgan fingerprint density at radius 2 is 2.25 bits per heavy atom. The van der Waals surface area contributed by atoms with Crippen molar-refractivity contribution in [2.24, 2.45) is 0 Å². The Kier molecular flexibility index (Phi) is 5.71. The smallest absolute Gasteiger partial charge is 0.358 e. The number of nitro groups is 1. The molecule has 0 radical (unpaired) electrons. The van der Waals surface area contributed by atoms with Crippen molar-refractivity contribution in [3.8, 4) is 0 Å². The number of halogens is 1. The van der Waals surface area contributed by atoms with Gasteiger partial charge in [-0.15, -0.1) is 0 Å². The largest absolute Gasteiger partial charge is 0.404 e. The number of carbonyl (C=O) groups excluding carboxylic acids is 1. The van der Waals surface area contributed by atoms with Gasteiger partial charge in [0.2, 0.25) is 5.91 Å². The van der Waals surface area contributed by atoms with Gasteiger partial charge in [-0.05, 0) is 41.6 Å². The lowest BCUT2D eigenvalue weighted by Gasteiger charge is -2.13. The van der Waals surface area contributed by atoms with E-state index in [1.165, 1.54) is 10.9 Å². The zero-order chi connectivity index (χ0) is 17.9. The van der Waals surface area contributed by atoms with Gasteiger partial charge in [-0.25, -0.2) is 0 Å². The van der Waals surface area contributed by atoms with Crippen molar-refractivity contribution >= 4 is 27.7 Å². The Hall–Kier alpha value is -2.23. The Balaban J connectivity index is 1.92. The van der Waals surface area contributed by atoms with Crippen molar-refractivity contribution in [2.45, 2.75) is 46.3 Å². The predicted octanol–water partition coefficient (Wildman–Crippen LogP) is 2.35. The quantitative estimate of drug-likeness (QED) is 0.568. The van der Waals surface area contributed by atoms with Gasteiger partial charge in [0.05, 0.1) is 30.1 Å². The molecule has 2 aromatic heterocycles. The van der Waals surface area contributed by atoms with Crippen molar-refractivity contribution in [3.63, 3.8) is 0 Å². The number of carbonyl (C=O) groups is 1. The normalized spacial score (nSPS) is 12.2. The second kappa shape index (κ2) is 7.56. The van der Waals surface area contributed by atoms with E-state index in [9.17, 15) is 14.9 Å². The van der Waals surface area contributed by atoms with Gasteiger partial charge in [0.15, 0.2) is 0 Å². The maximum atomic E-state index is 12.1. The molecule has 0 aliphatic carbocycles. The average molecular weight is 399 g/mol. The predicted molar refractivity (Wildman–Crippen MR) is 90.4 cm³/mol. The maximum Gasteiger partial charge on any atom is 0.404 e. The van der Waals surface area contributed by atoms with E-state index >= 15 is 0 Å². The summed E-state index contributed by atoms with van der Waals surface area (Å²) in [5.74, 6) is -0.410. The Labute approximate surface area is 147 Å². The lowest BCUT2D eigenvalue weighted by atomic mass is 10.1. The number of hydrogen-bond donors (Lipinski definition) is 1. The topological polar surface area (TPSA) is 108 Å². The molecule has 24 heavy (non-hydrogen) atoms. The average Bonchev–Trinajstić information content (AvgIpc) is 3.07. The number of aryl methyl sites for hydroxylation is 2. The van der Waals surface area contributed by atoms with Gasteiger partial charge in [-0.1, -0.05) is 0 Å². The van der Waals surface area contributed by atoms with E-state index in [4.69, 9.17) is 0 Å². The van der Waals surface area contributed by atoms with Gasteiger partial charge in [-0.3, -0.25) is 9.48 Å². The van der Waals surface area contributed by atoms with Crippen LogP contribution in [0.3, 0.4) is 0 Å². The molecule has 1 amide bonds. The first-order chi connectivity index (χ1) is 11.3. The molecule has 2 aromatic rings. The molecule has 0 saturated heterocycles. The highest BCUT2D eigenvalue weighted by Crippen LogP contribution is 2.22. The number of rotatable bonds is 7. The third-order valence-corrected chi connectivity index (χ3v) is 4.28. The number of nitrogens with one attached hydrogen (secondary N) is 1. The van der Waals surface area contributed by atoms with Crippen molar-refractivity contribution in [1.29, 1.82) is 0 Å². The van der Waals surface area contributed by atoms with Crippen LogP contribution in [0.5, 0.6) is 0 Å². The van der Waals surface area contributed by atoms with E-state index in [0.29, 0.717) is 4.47 Å². The van der Waals surface area contributed by atoms with Crippen LogP contribution in [0, 0.1) is 17.0 Å². The fraction of sp³-hybridized carbons (Fsp3) is 0.500. The van der Waals surface area contributed by atoms with E-state index in [1.807, 2.05) is 25.5 Å². The first-order valence-corrected chi connectivity index (χ1v) is 8.31. The van der Waals surface area contributed by atoms with Crippen LogP contribution in [-0.2, 0) is 17.9 Å². The minimum Gasteiger partial charge on any atom is -0.358 e. The fourth-order valence-corrected chi connectivity index (χ4v) is 2.90. The van der Waals surface area contributed by atoms with E-state index < -0.39 is 4.92 Å². The minimum atomic E-state index is -0.573. The van der Waals surface area contributed by atoms with E-state index in [2.05, 4.69) is 31.4 Å². The fourth-order valence-electron chi connectivity index (χ4n) is 2.44. The van der Waals surface area contributed by atoms with Crippen LogP contribution in [0.4, 0.5) is 5.82 Å². The minimum absolute atomic E-state index is 0.152. The van der Waals surface area contributed by atoms with Crippen molar-refractivity contribution in [1.82, 2.24) is 24.9 Å². The third kappa shape index (κ3) is 3.99. The molecule has 1 atom stereocenters. The first kappa shape index (κ1) is 18.1. The second-order valence-electron chi connectivity index (χ2n) is 5.36. The lowest BCUT2D eigenvalue weighted by Crippen LogP contribution is -2.27. The molecule has 0 spiro atoms. The molecule has 1 N–H and O–H groups in total. The summed E-state index contributed by atoms with van der Waals surface area (Å²) in [5.41, 5.74) is 2.00. The van der Waals surface area contributed by atoms with Gasteiger partial charge in [0.25, 0.3) is 0 Å². The summed E-state index contributed by atoms with van der Waals surface area (Å²) < 4.78 is 3.55. The Bertz CT molecular complexity index is 754. The van der Waals surface area contributed by atoms with Gasteiger partial charge < -0.3 is 15.4 Å². The third-order valence-electron chi connectivity index (χ3n) is 3.72. The standard InChI is InChI=1S/C14H19BrN6O3/c1-4-20-10(3)11(7-16-20)9(2)17-13(22)5-6-19-8-12(15)14(18-19)21(23)24/h7-9H,4-6H2,1-3H3,(H,17,22). The molecule has 0 aromatic carbocycles. The van der Waals surface area contributed by atoms with Gasteiger partial charge in [0.1, 0.15) is 4.47 Å². The van der Waals surface area contributed by atoms with Gasteiger partial charge in [0, 0.05) is 24.2 Å². The molecule has 0 aliphatic heterocycles. The molecule has 2 heterocycles. The van der Waals surface area contributed by atoms with Crippen molar-refractivity contribution < 1.29 is 9.72 Å². The number of amides is 1. The van der Waals surface area contributed by atoms with Crippen molar-refractivity contribution in [3.05, 3.63) is 38.2 Å². The molecule has 130 valence electrons. The summed E-state index contributed by atoms with van der Waals surface area (Å²) >= 11 is 3.08. The molecular formula is C14H19BrN6O3. The number of nitrogens with zero attached hydrogens (tertiary/aromatic N) is 5. The SMILES string of the molecule is CCn1ncc(C(C)NC(=O)CCn2cc(Br)c([N+](=O)[O-])n2)c1C. The lowest BCUT2D eigenvalue weighted by molar-refractivity contribution is -0.390. The highest BCUT2D eigenvalue weighted by molar-refractivity contribution is 9.10. The van der Waals surface area contributed by atoms with Crippen LogP contribution in [0.15, 0.2) is 16.9 Å². The van der Waals surface area contributed by atoms with Gasteiger partial charge in [-0.2, -0.15) is 9.78 Å². The van der Waals surface area contributed by atoms with Crippen molar-refractivity contribution in [2.75, 3.05) is 0 Å². The maximum absolute atomic E-state index is 12.1. The summed E-state index contributed by atoms with van der Waals surface area (Å²) in [7, 11) is 0. The van der Waals surface area contributed by atoms with E-state index in [-0.39, 0.29) is 30.7 Å². The summed E-state index contributed by atoms with van der Waals surface area (Å²) in [6.45, 7) is 6.91. The monoisotopic (exact) mass is 398 g/mol. The van der Waals surface area contributed by atoms with Crippen LogP contribution in [0.1, 0.15) is 37.6 Å². The van der Waals surface area contributed by atoms with Gasteiger partial charge >= 0.3 is 5.82 Å². The molecule has 2 rings (SSSR count). The molecule has 0 saturated carbocycles. The molecule has 0 bridgehead atoms. The van der Waals surface area contributed by atoms with E-state index in [0.717, 1.165) is 17.8 Å². The summed E-state index contributed by atoms with van der Waals surface area (Å²) in [5, 5.41) is 21.7. The van der Waals surface area contributed by atoms with E-state index in [1.54, 1.807) is 6.20 Å². The van der Waals surface area contributed by atoms with Crippen LogP contribution < -0.4 is 5.32 Å². The van der Waals surface area contributed by atoms with Crippen LogP contribution >= 0.6 is 15.9 Å². The molecule has 9 nitrogen and oxygen atoms in total. The Morgan fingerprint density at radius 3 is 2.79 bits per heavy atom. The molecule has 0 fully saturated rings. The summed E-state index contributed by atoms with van der Waals surface area (Å²) in [6, 6.07) is -0.156. The number of hydrogen-bond acceptors (Lipinski definition) is 5. The Morgan fingerprint density at radius 1 is 1.54 bits per heavy atom. The summed E-state index contributed by atoms with van der Waals surface area (Å²) in [6.07, 6.45) is 3.43. The molecule has 0 aliphatic rings. The molecule has 1 unspecified atom stereocenters. The van der Waals surface area contributed by atoms with Crippen LogP contribution in [0.2, 0.25) is 0 Å². The van der Waals surface area contributed by atoms with Crippen LogP contribution in [-0.4, -0.2) is 30.4 Å². The highest BCUT2D eigenvalue weighted by Gasteiger charge is 2.19. The highest BCUT2D eigenvalue weighted by atomic mass is 79.9. The van der Waals surface area contributed by atoms with Crippen LogP contribution in [0.25, 0.3) is 0 Å². The molecule has 10 heteroatoms. The second-order valence-corrected chi connectivity index (χ2v) is 6.22. The zero-order valence-corrected chi connectivity index (χ0v) is 15.3. The first-order valence-electron chi connectivity index (χ1n) is 7.52. The number of aromatic nitrogens is 4. The zero-order valence-electron chi connectivity index (χ0n) is 13.7.